The molecule has 2 amide bonds. The lowest BCUT2D eigenvalue weighted by Gasteiger charge is -2.47. The number of rotatable bonds is 5. The van der Waals surface area contributed by atoms with E-state index >= 15 is 0 Å². The Hall–Kier alpha value is -1.14. The zero-order valence-electron chi connectivity index (χ0n) is 18.2. The van der Waals surface area contributed by atoms with Crippen LogP contribution in [0.15, 0.2) is 0 Å². The Morgan fingerprint density at radius 3 is 2.04 bits per heavy atom. The van der Waals surface area contributed by atoms with Crippen LogP contribution < -0.4 is 10.6 Å². The topological polar surface area (TPSA) is 76.7 Å². The summed E-state index contributed by atoms with van der Waals surface area (Å²) in [7, 11) is 0. The highest BCUT2D eigenvalue weighted by molar-refractivity contribution is 5.82. The van der Waals surface area contributed by atoms with Crippen molar-refractivity contribution >= 4 is 11.8 Å². The average molecular weight is 395 g/mol. The minimum absolute atomic E-state index is 0.00312. The van der Waals surface area contributed by atoms with E-state index in [-0.39, 0.29) is 52.7 Å². The predicted octanol–water partition coefficient (Wildman–Crippen LogP) is 2.65. The maximum atomic E-state index is 12.7. The van der Waals surface area contributed by atoms with Crippen LogP contribution in [0.5, 0.6) is 0 Å². The lowest BCUT2D eigenvalue weighted by Crippen LogP contribution is -2.53. The van der Waals surface area contributed by atoms with Gasteiger partial charge in [-0.05, 0) is 54.8 Å². The molecule has 0 radical (unpaired) electrons. The molecule has 0 bridgehead atoms. The van der Waals surface area contributed by atoms with Crippen LogP contribution >= 0.6 is 0 Å². The normalized spacial score (nSPS) is 40.2. The van der Waals surface area contributed by atoms with Crippen molar-refractivity contribution in [2.75, 3.05) is 19.8 Å². The van der Waals surface area contributed by atoms with Crippen LogP contribution in [0.4, 0.5) is 0 Å². The molecule has 6 heteroatoms. The van der Waals surface area contributed by atoms with Crippen LogP contribution in [0.1, 0.15) is 66.7 Å². The van der Waals surface area contributed by atoms with Crippen LogP contribution in [-0.2, 0) is 19.1 Å². The Morgan fingerprint density at radius 2 is 1.50 bits per heavy atom. The van der Waals surface area contributed by atoms with E-state index in [9.17, 15) is 9.59 Å². The third-order valence-corrected chi connectivity index (χ3v) is 6.77. The number of hydrogen-bond donors (Lipinski definition) is 2. The van der Waals surface area contributed by atoms with Gasteiger partial charge in [-0.1, -0.05) is 34.6 Å². The van der Waals surface area contributed by atoms with Crippen molar-refractivity contribution in [3.05, 3.63) is 0 Å². The quantitative estimate of drug-likeness (QED) is 0.752. The van der Waals surface area contributed by atoms with Crippen LogP contribution in [0.25, 0.3) is 0 Å². The molecule has 2 aliphatic heterocycles. The molecule has 6 atom stereocenters. The molecule has 2 heterocycles. The fourth-order valence-electron chi connectivity index (χ4n) is 5.62. The number of carbonyl (C=O) groups excluding carboxylic acids is 2. The molecule has 0 aromatic carbocycles. The van der Waals surface area contributed by atoms with Gasteiger partial charge in [-0.2, -0.15) is 0 Å². The summed E-state index contributed by atoms with van der Waals surface area (Å²) in [6, 6.07) is 0.108. The fraction of sp³-hybridized carbons (Fsp3) is 0.909. The molecule has 3 fully saturated rings. The zero-order chi connectivity index (χ0) is 20.5. The van der Waals surface area contributed by atoms with Gasteiger partial charge in [-0.15, -0.1) is 0 Å². The molecule has 0 unspecified atom stereocenters. The molecule has 0 spiro atoms. The van der Waals surface area contributed by atoms with E-state index in [1.807, 2.05) is 0 Å². The minimum Gasteiger partial charge on any atom is -0.368 e. The van der Waals surface area contributed by atoms with Gasteiger partial charge in [-0.25, -0.2) is 0 Å². The Balaban J connectivity index is 1.58. The SMILES string of the molecule is C[C@@H]1CCO[C@@H]1C(=O)NC[C@]1(C)C[C@H](NC(=O)[C@@H]2OCC[C@H]2C)CC(C)(C)C1. The van der Waals surface area contributed by atoms with Gasteiger partial charge < -0.3 is 20.1 Å². The predicted molar refractivity (Wildman–Crippen MR) is 108 cm³/mol. The molecule has 160 valence electrons. The standard InChI is InChI=1S/C22H38N2O4/c1-14-6-8-27-17(14)19(25)23-13-22(5)11-16(10-21(3,4)12-22)24-20(26)18-15(2)7-9-28-18/h14-18H,6-13H2,1-5H3,(H,23,25)(H,24,26)/t14-,15-,16-,17+,18-,22-/m1/s1. The lowest BCUT2D eigenvalue weighted by molar-refractivity contribution is -0.134. The Labute approximate surface area is 169 Å². The first-order chi connectivity index (χ1) is 13.1. The minimum atomic E-state index is -0.322. The summed E-state index contributed by atoms with van der Waals surface area (Å²) in [5, 5.41) is 6.39. The van der Waals surface area contributed by atoms with Crippen LogP contribution in [0, 0.1) is 22.7 Å². The molecule has 28 heavy (non-hydrogen) atoms. The van der Waals surface area contributed by atoms with E-state index < -0.39 is 0 Å². The van der Waals surface area contributed by atoms with Crippen LogP contribution in [0.2, 0.25) is 0 Å². The summed E-state index contributed by atoms with van der Waals surface area (Å²) in [5.41, 5.74) is 0.0499. The summed E-state index contributed by atoms with van der Waals surface area (Å²) in [6.07, 6.45) is 4.08. The molecular weight excluding hydrogens is 356 g/mol. The van der Waals surface area contributed by atoms with E-state index in [1.54, 1.807) is 0 Å². The van der Waals surface area contributed by atoms with E-state index in [0.717, 1.165) is 32.1 Å². The van der Waals surface area contributed by atoms with Crippen molar-refractivity contribution in [2.24, 2.45) is 22.7 Å². The highest BCUT2D eigenvalue weighted by atomic mass is 16.5. The summed E-state index contributed by atoms with van der Waals surface area (Å²) < 4.78 is 11.2. The molecule has 3 rings (SSSR count). The Morgan fingerprint density at radius 1 is 0.929 bits per heavy atom. The molecule has 3 aliphatic rings. The maximum Gasteiger partial charge on any atom is 0.249 e. The largest absolute Gasteiger partial charge is 0.368 e. The van der Waals surface area contributed by atoms with Crippen molar-refractivity contribution < 1.29 is 19.1 Å². The number of hydrogen-bond acceptors (Lipinski definition) is 4. The van der Waals surface area contributed by atoms with Gasteiger partial charge in [0.15, 0.2) is 0 Å². The van der Waals surface area contributed by atoms with Crippen molar-refractivity contribution in [3.63, 3.8) is 0 Å². The second kappa shape index (κ2) is 8.31. The first-order valence-electron chi connectivity index (χ1n) is 10.9. The summed E-state index contributed by atoms with van der Waals surface area (Å²) in [6.45, 7) is 12.8. The lowest BCUT2D eigenvalue weighted by atomic mass is 9.62. The van der Waals surface area contributed by atoms with E-state index in [4.69, 9.17) is 9.47 Å². The highest BCUT2D eigenvalue weighted by Gasteiger charge is 2.43. The van der Waals surface area contributed by atoms with E-state index in [0.29, 0.717) is 19.8 Å². The van der Waals surface area contributed by atoms with Gasteiger partial charge in [-0.3, -0.25) is 9.59 Å². The summed E-state index contributed by atoms with van der Waals surface area (Å²) in [5.74, 6) is 0.572. The number of ether oxygens (including phenoxy) is 2. The Bertz CT molecular complexity index is 593. The Kier molecular flexibility index (Phi) is 6.40. The van der Waals surface area contributed by atoms with E-state index in [2.05, 4.69) is 45.3 Å². The molecule has 1 saturated carbocycles. The highest BCUT2D eigenvalue weighted by Crippen LogP contribution is 2.46. The molecule has 0 aromatic heterocycles. The third-order valence-electron chi connectivity index (χ3n) is 6.77. The van der Waals surface area contributed by atoms with Gasteiger partial charge >= 0.3 is 0 Å². The summed E-state index contributed by atoms with van der Waals surface area (Å²) >= 11 is 0. The van der Waals surface area contributed by atoms with Crippen LogP contribution in [0.3, 0.4) is 0 Å². The smallest absolute Gasteiger partial charge is 0.249 e. The second-order valence-corrected chi connectivity index (χ2v) is 10.6. The zero-order valence-corrected chi connectivity index (χ0v) is 18.2. The van der Waals surface area contributed by atoms with Gasteiger partial charge in [0.05, 0.1) is 0 Å². The molecular formula is C22H38N2O4. The third kappa shape index (κ3) is 5.07. The molecule has 1 aliphatic carbocycles. The monoisotopic (exact) mass is 394 g/mol. The summed E-state index contributed by atoms with van der Waals surface area (Å²) in [4.78, 5) is 25.2. The van der Waals surface area contributed by atoms with Crippen molar-refractivity contribution in [1.29, 1.82) is 0 Å². The van der Waals surface area contributed by atoms with Gasteiger partial charge in [0.1, 0.15) is 12.2 Å². The van der Waals surface area contributed by atoms with Crippen LogP contribution in [-0.4, -0.2) is 49.8 Å². The van der Waals surface area contributed by atoms with Gasteiger partial charge in [0.2, 0.25) is 11.8 Å². The number of carbonyl (C=O) groups is 2. The molecule has 2 saturated heterocycles. The maximum absolute atomic E-state index is 12.7. The van der Waals surface area contributed by atoms with Crippen molar-refractivity contribution in [1.82, 2.24) is 10.6 Å². The second-order valence-electron chi connectivity index (χ2n) is 10.6. The number of amides is 2. The first kappa shape index (κ1) is 21.6. The van der Waals surface area contributed by atoms with E-state index in [1.165, 1.54) is 0 Å². The van der Waals surface area contributed by atoms with Crippen molar-refractivity contribution in [3.8, 4) is 0 Å². The molecule has 0 aromatic rings. The molecule has 6 nitrogen and oxygen atoms in total. The number of nitrogens with one attached hydrogen (secondary N) is 2. The average Bonchev–Trinajstić information content (AvgIpc) is 3.19. The van der Waals surface area contributed by atoms with Gasteiger partial charge in [0.25, 0.3) is 0 Å². The first-order valence-corrected chi connectivity index (χ1v) is 10.9. The molecule has 2 N–H and O–H groups in total. The van der Waals surface area contributed by atoms with Crippen molar-refractivity contribution in [2.45, 2.75) is 85.0 Å². The fourth-order valence-corrected chi connectivity index (χ4v) is 5.62. The van der Waals surface area contributed by atoms with Gasteiger partial charge in [0, 0.05) is 25.8 Å².